The van der Waals surface area contributed by atoms with Crippen molar-refractivity contribution >= 4 is 44.3 Å². The van der Waals surface area contributed by atoms with Crippen LogP contribution in [0.5, 0.6) is 0 Å². The summed E-state index contributed by atoms with van der Waals surface area (Å²) in [5.41, 5.74) is 6.82. The molecule has 0 radical (unpaired) electrons. The van der Waals surface area contributed by atoms with E-state index in [0.29, 0.717) is 31.1 Å². The second-order valence-corrected chi connectivity index (χ2v) is 11.3. The van der Waals surface area contributed by atoms with Gasteiger partial charge in [0.15, 0.2) is 0 Å². The zero-order valence-electron chi connectivity index (χ0n) is 20.7. The van der Waals surface area contributed by atoms with Gasteiger partial charge in [-0.1, -0.05) is 20.3 Å². The number of anilines is 1. The van der Waals surface area contributed by atoms with E-state index >= 15 is 0 Å². The number of nitrogens with zero attached hydrogens (tertiary/aromatic N) is 2. The highest BCUT2D eigenvalue weighted by atomic mass is 32.2. The fourth-order valence-electron chi connectivity index (χ4n) is 4.01. The average Bonchev–Trinajstić information content (AvgIpc) is 3.21. The van der Waals surface area contributed by atoms with Gasteiger partial charge in [-0.3, -0.25) is 9.59 Å². The van der Waals surface area contributed by atoms with Crippen molar-refractivity contribution in [2.45, 2.75) is 51.5 Å². The number of rotatable bonds is 10. The predicted octanol–water partition coefficient (Wildman–Crippen LogP) is 3.42. The van der Waals surface area contributed by atoms with Crippen LogP contribution >= 0.6 is 11.3 Å². The zero-order valence-corrected chi connectivity index (χ0v) is 22.3. The topological polar surface area (TPSA) is 139 Å². The van der Waals surface area contributed by atoms with E-state index in [1.165, 1.54) is 44.8 Å². The number of thiophene rings is 1. The van der Waals surface area contributed by atoms with Gasteiger partial charge in [0.05, 0.1) is 23.6 Å². The summed E-state index contributed by atoms with van der Waals surface area (Å²) in [6.07, 6.45) is 1.62. The second kappa shape index (κ2) is 11.8. The summed E-state index contributed by atoms with van der Waals surface area (Å²) in [5, 5.41) is 3.04. The first kappa shape index (κ1) is 27.6. The molecule has 0 bridgehead atoms. The van der Waals surface area contributed by atoms with Crippen molar-refractivity contribution < 1.29 is 27.5 Å². The summed E-state index contributed by atoms with van der Waals surface area (Å²) in [6, 6.07) is 5.70. The molecule has 1 aliphatic rings. The van der Waals surface area contributed by atoms with E-state index in [9.17, 15) is 22.8 Å². The SMILES string of the molecule is CCCCN(CC)S(=O)(=O)c1ccc(C(=O)Nc2sc3c(c2C(N)=O)CCN(C(=O)OCC)C3)cc1. The third-order valence-electron chi connectivity index (χ3n) is 5.92. The maximum Gasteiger partial charge on any atom is 0.410 e. The Balaban J connectivity index is 1.80. The number of unbranched alkanes of at least 4 members (excludes halogenated alkanes) is 1. The van der Waals surface area contributed by atoms with Gasteiger partial charge in [-0.2, -0.15) is 4.31 Å². The maximum absolute atomic E-state index is 13.0. The minimum Gasteiger partial charge on any atom is -0.450 e. The van der Waals surface area contributed by atoms with Gasteiger partial charge in [-0.25, -0.2) is 13.2 Å². The van der Waals surface area contributed by atoms with Crippen LogP contribution < -0.4 is 11.1 Å². The first-order valence-electron chi connectivity index (χ1n) is 11.9. The Kier molecular flexibility index (Phi) is 9.09. The van der Waals surface area contributed by atoms with Crippen molar-refractivity contribution in [2.24, 2.45) is 5.73 Å². The van der Waals surface area contributed by atoms with Crippen molar-refractivity contribution in [3.8, 4) is 0 Å². The monoisotopic (exact) mass is 536 g/mol. The van der Waals surface area contributed by atoms with Crippen LogP contribution in [0.3, 0.4) is 0 Å². The predicted molar refractivity (Wildman–Crippen MR) is 138 cm³/mol. The van der Waals surface area contributed by atoms with Gasteiger partial charge in [-0.15, -0.1) is 11.3 Å². The third kappa shape index (κ3) is 5.88. The molecule has 12 heteroatoms. The van der Waals surface area contributed by atoms with Crippen LogP contribution in [0.1, 0.15) is 64.8 Å². The fraction of sp³-hybridized carbons (Fsp3) is 0.458. The molecule has 36 heavy (non-hydrogen) atoms. The molecule has 3 rings (SSSR count). The van der Waals surface area contributed by atoms with Crippen molar-refractivity contribution in [2.75, 3.05) is 31.6 Å². The summed E-state index contributed by atoms with van der Waals surface area (Å²) < 4.78 is 32.3. The molecule has 0 spiro atoms. The molecule has 0 aliphatic carbocycles. The number of carbonyl (C=O) groups is 3. The normalized spacial score (nSPS) is 13.4. The standard InChI is InChI=1S/C24H32N4O6S2/c1-4-7-13-28(5-2)36(32,33)17-10-8-16(9-11-17)22(30)26-23-20(21(25)29)18-12-14-27(15-19(18)35-23)24(31)34-6-3/h8-11H,4-7,12-15H2,1-3H3,(H2,25,29)(H,26,30). The summed E-state index contributed by atoms with van der Waals surface area (Å²) in [7, 11) is -3.66. The Labute approximate surface area is 215 Å². The van der Waals surface area contributed by atoms with Crippen molar-refractivity contribution in [1.29, 1.82) is 0 Å². The summed E-state index contributed by atoms with van der Waals surface area (Å²) in [6.45, 7) is 7.20. The van der Waals surface area contributed by atoms with E-state index in [4.69, 9.17) is 10.5 Å². The lowest BCUT2D eigenvalue weighted by Gasteiger charge is -2.26. The van der Waals surface area contributed by atoms with Gasteiger partial charge in [0.25, 0.3) is 11.8 Å². The molecule has 1 aliphatic heterocycles. The summed E-state index contributed by atoms with van der Waals surface area (Å²) in [4.78, 5) is 39.7. The highest BCUT2D eigenvalue weighted by molar-refractivity contribution is 7.89. The quantitative estimate of drug-likeness (QED) is 0.477. The van der Waals surface area contributed by atoms with Crippen molar-refractivity contribution in [3.63, 3.8) is 0 Å². The third-order valence-corrected chi connectivity index (χ3v) is 9.05. The first-order valence-corrected chi connectivity index (χ1v) is 14.2. The Morgan fingerprint density at radius 2 is 1.86 bits per heavy atom. The first-order chi connectivity index (χ1) is 17.1. The largest absolute Gasteiger partial charge is 0.450 e. The van der Waals surface area contributed by atoms with E-state index in [2.05, 4.69) is 5.32 Å². The summed E-state index contributed by atoms with van der Waals surface area (Å²) >= 11 is 1.19. The van der Waals surface area contributed by atoms with Gasteiger partial charge < -0.3 is 20.7 Å². The minimum absolute atomic E-state index is 0.112. The van der Waals surface area contributed by atoms with Crippen molar-refractivity contribution in [1.82, 2.24) is 9.21 Å². The molecule has 1 aromatic carbocycles. The van der Waals surface area contributed by atoms with Gasteiger partial charge in [0.1, 0.15) is 5.00 Å². The van der Waals surface area contributed by atoms with Crippen LogP contribution in [0.4, 0.5) is 9.80 Å². The van der Waals surface area contributed by atoms with Crippen LogP contribution in [-0.2, 0) is 27.7 Å². The number of hydrogen-bond donors (Lipinski definition) is 2. The molecule has 196 valence electrons. The number of sulfonamides is 1. The molecule has 2 aromatic rings. The van der Waals surface area contributed by atoms with Crippen molar-refractivity contribution in [3.05, 3.63) is 45.8 Å². The number of nitrogens with two attached hydrogens (primary N) is 1. The van der Waals surface area contributed by atoms with E-state index in [-0.39, 0.29) is 29.2 Å². The molecule has 0 fully saturated rings. The average molecular weight is 537 g/mol. The van der Waals surface area contributed by atoms with Gasteiger partial charge in [0, 0.05) is 30.1 Å². The molecule has 10 nitrogen and oxygen atoms in total. The molecule has 0 unspecified atom stereocenters. The summed E-state index contributed by atoms with van der Waals surface area (Å²) in [5.74, 6) is -1.17. The smallest absolute Gasteiger partial charge is 0.410 e. The molecule has 3 amide bonds. The Morgan fingerprint density at radius 3 is 2.44 bits per heavy atom. The highest BCUT2D eigenvalue weighted by Crippen LogP contribution is 2.37. The van der Waals surface area contributed by atoms with Crippen LogP contribution in [0.25, 0.3) is 0 Å². The molecule has 1 aromatic heterocycles. The van der Waals surface area contributed by atoms with E-state index in [1.54, 1.807) is 13.8 Å². The molecule has 0 saturated heterocycles. The Hall–Kier alpha value is -2.96. The molecular formula is C24H32N4O6S2. The second-order valence-electron chi connectivity index (χ2n) is 8.27. The number of nitrogens with one attached hydrogen (secondary N) is 1. The van der Waals surface area contributed by atoms with Crippen LogP contribution in [0, 0.1) is 0 Å². The number of carbonyl (C=O) groups excluding carboxylic acids is 3. The number of benzene rings is 1. The minimum atomic E-state index is -3.66. The van der Waals surface area contributed by atoms with Gasteiger partial charge in [0.2, 0.25) is 10.0 Å². The molecular weight excluding hydrogens is 504 g/mol. The number of hydrogen-bond acceptors (Lipinski definition) is 7. The number of fused-ring (bicyclic) bond motifs is 1. The van der Waals surface area contributed by atoms with Crippen LogP contribution in [-0.4, -0.2) is 61.8 Å². The van der Waals surface area contributed by atoms with Gasteiger partial charge >= 0.3 is 6.09 Å². The molecule has 0 saturated carbocycles. The van der Waals surface area contributed by atoms with Gasteiger partial charge in [-0.05, 0) is 49.6 Å². The lowest BCUT2D eigenvalue weighted by Crippen LogP contribution is -2.36. The van der Waals surface area contributed by atoms with Crippen LogP contribution in [0.2, 0.25) is 0 Å². The molecule has 2 heterocycles. The van der Waals surface area contributed by atoms with E-state index in [1.807, 2.05) is 6.92 Å². The highest BCUT2D eigenvalue weighted by Gasteiger charge is 2.30. The molecule has 3 N–H and O–H groups in total. The Morgan fingerprint density at radius 1 is 1.17 bits per heavy atom. The lowest BCUT2D eigenvalue weighted by atomic mass is 10.0. The Bertz CT molecular complexity index is 1220. The van der Waals surface area contributed by atoms with E-state index < -0.39 is 27.9 Å². The number of primary amides is 1. The maximum atomic E-state index is 13.0. The fourth-order valence-corrected chi connectivity index (χ4v) is 6.76. The number of amides is 3. The molecule has 0 atom stereocenters. The van der Waals surface area contributed by atoms with Crippen LogP contribution in [0.15, 0.2) is 29.2 Å². The lowest BCUT2D eigenvalue weighted by molar-refractivity contribution is 0.0997. The van der Waals surface area contributed by atoms with E-state index in [0.717, 1.165) is 23.3 Å². The number of ether oxygens (including phenoxy) is 1. The zero-order chi connectivity index (χ0) is 26.5.